The van der Waals surface area contributed by atoms with Gasteiger partial charge >= 0.3 is 0 Å². The zero-order valence-electron chi connectivity index (χ0n) is 11.8. The first-order valence-corrected chi connectivity index (χ1v) is 7.38. The fraction of sp³-hybridized carbons (Fsp3) is 0.0769. The molecular weight excluding hydrogens is 324 g/mol. The van der Waals surface area contributed by atoms with Crippen molar-refractivity contribution in [2.45, 2.75) is 5.03 Å². The standard InChI is InChI=1S/C13H10N4O5S/c1-23-12-3-2-9(7-14-12)15-13(18)8-4-10(16(19)20)6-11(5-8)17(21)22/h2-7H,1H3,(H,15,18). The van der Waals surface area contributed by atoms with Crippen LogP contribution in [0, 0.1) is 20.2 Å². The van der Waals surface area contributed by atoms with Crippen LogP contribution in [0.25, 0.3) is 0 Å². The van der Waals surface area contributed by atoms with E-state index in [4.69, 9.17) is 0 Å². The average Bonchev–Trinajstić information content (AvgIpc) is 2.55. The third-order valence-corrected chi connectivity index (χ3v) is 3.45. The Balaban J connectivity index is 2.30. The number of pyridine rings is 1. The van der Waals surface area contributed by atoms with Crippen molar-refractivity contribution < 1.29 is 14.6 Å². The van der Waals surface area contributed by atoms with Gasteiger partial charge in [-0.05, 0) is 18.4 Å². The Labute approximate surface area is 134 Å². The molecule has 2 rings (SSSR count). The van der Waals surface area contributed by atoms with E-state index in [9.17, 15) is 25.0 Å². The van der Waals surface area contributed by atoms with Crippen molar-refractivity contribution in [3.05, 3.63) is 62.3 Å². The molecule has 2 aromatic rings. The van der Waals surface area contributed by atoms with Gasteiger partial charge in [0.1, 0.15) is 0 Å². The minimum atomic E-state index is -0.793. The summed E-state index contributed by atoms with van der Waals surface area (Å²) in [4.78, 5) is 36.2. The quantitative estimate of drug-likeness (QED) is 0.505. The summed E-state index contributed by atoms with van der Waals surface area (Å²) in [6, 6.07) is 6.06. The molecule has 0 radical (unpaired) electrons. The first-order chi connectivity index (χ1) is 10.9. The van der Waals surface area contributed by atoms with Crippen LogP contribution in [0.1, 0.15) is 10.4 Å². The van der Waals surface area contributed by atoms with E-state index in [-0.39, 0.29) is 5.56 Å². The number of hydrogen-bond acceptors (Lipinski definition) is 7. The van der Waals surface area contributed by atoms with Gasteiger partial charge in [-0.15, -0.1) is 11.8 Å². The Hall–Kier alpha value is -3.01. The molecule has 0 saturated heterocycles. The summed E-state index contributed by atoms with van der Waals surface area (Å²) in [7, 11) is 0. The molecule has 0 unspecified atom stereocenters. The van der Waals surface area contributed by atoms with Crippen molar-refractivity contribution >= 4 is 34.7 Å². The predicted molar refractivity (Wildman–Crippen MR) is 83.7 cm³/mol. The van der Waals surface area contributed by atoms with Crippen LogP contribution in [0.2, 0.25) is 0 Å². The minimum Gasteiger partial charge on any atom is -0.321 e. The van der Waals surface area contributed by atoms with Crippen LogP contribution in [-0.4, -0.2) is 27.0 Å². The fourth-order valence-corrected chi connectivity index (χ4v) is 2.08. The van der Waals surface area contributed by atoms with Crippen LogP contribution < -0.4 is 5.32 Å². The van der Waals surface area contributed by atoms with Crippen LogP contribution >= 0.6 is 11.8 Å². The van der Waals surface area contributed by atoms with Crippen molar-refractivity contribution in [1.29, 1.82) is 0 Å². The molecule has 0 fully saturated rings. The summed E-state index contributed by atoms with van der Waals surface area (Å²) in [6.07, 6.45) is 3.28. The van der Waals surface area contributed by atoms with Gasteiger partial charge in [-0.1, -0.05) is 0 Å². The van der Waals surface area contributed by atoms with Gasteiger partial charge in [-0.2, -0.15) is 0 Å². The van der Waals surface area contributed by atoms with Gasteiger partial charge < -0.3 is 5.32 Å². The second-order valence-electron chi connectivity index (χ2n) is 4.30. The lowest BCUT2D eigenvalue weighted by molar-refractivity contribution is -0.394. The van der Waals surface area contributed by atoms with E-state index in [1.54, 1.807) is 12.1 Å². The predicted octanol–water partition coefficient (Wildman–Crippen LogP) is 2.87. The highest BCUT2D eigenvalue weighted by Crippen LogP contribution is 2.23. The molecule has 10 heteroatoms. The molecular formula is C13H10N4O5S. The van der Waals surface area contributed by atoms with E-state index in [2.05, 4.69) is 10.3 Å². The van der Waals surface area contributed by atoms with Crippen molar-refractivity contribution in [3.8, 4) is 0 Å². The smallest absolute Gasteiger partial charge is 0.277 e. The van der Waals surface area contributed by atoms with Gasteiger partial charge in [-0.3, -0.25) is 25.0 Å². The van der Waals surface area contributed by atoms with Crippen molar-refractivity contribution in [2.75, 3.05) is 11.6 Å². The number of benzene rings is 1. The number of nitro benzene ring substituents is 2. The Bertz CT molecular complexity index is 746. The Kier molecular flexibility index (Phi) is 4.86. The highest BCUT2D eigenvalue weighted by atomic mass is 32.2. The third-order valence-electron chi connectivity index (χ3n) is 2.79. The first-order valence-electron chi connectivity index (χ1n) is 6.16. The molecule has 0 bridgehead atoms. The number of anilines is 1. The zero-order valence-corrected chi connectivity index (χ0v) is 12.6. The summed E-state index contributed by atoms with van der Waals surface area (Å²) >= 11 is 1.43. The topological polar surface area (TPSA) is 128 Å². The molecule has 0 spiro atoms. The van der Waals surface area contributed by atoms with E-state index in [1.165, 1.54) is 18.0 Å². The summed E-state index contributed by atoms with van der Waals surface area (Å²) < 4.78 is 0. The van der Waals surface area contributed by atoms with E-state index < -0.39 is 27.1 Å². The number of carbonyl (C=O) groups is 1. The molecule has 1 heterocycles. The summed E-state index contributed by atoms with van der Waals surface area (Å²) in [5, 5.41) is 24.9. The van der Waals surface area contributed by atoms with E-state index in [0.717, 1.165) is 23.2 Å². The first kappa shape index (κ1) is 16.4. The SMILES string of the molecule is CSc1ccc(NC(=O)c2cc([N+](=O)[O-])cc([N+](=O)[O-])c2)cn1. The zero-order chi connectivity index (χ0) is 17.0. The highest BCUT2D eigenvalue weighted by molar-refractivity contribution is 7.98. The van der Waals surface area contributed by atoms with Crippen molar-refractivity contribution in [3.63, 3.8) is 0 Å². The maximum absolute atomic E-state index is 12.1. The largest absolute Gasteiger partial charge is 0.321 e. The number of rotatable bonds is 5. The van der Waals surface area contributed by atoms with Gasteiger partial charge in [0.25, 0.3) is 17.3 Å². The van der Waals surface area contributed by atoms with Crippen LogP contribution in [0.5, 0.6) is 0 Å². The van der Waals surface area contributed by atoms with E-state index in [0.29, 0.717) is 5.69 Å². The van der Waals surface area contributed by atoms with Gasteiger partial charge in [0.05, 0.1) is 38.4 Å². The van der Waals surface area contributed by atoms with Crippen molar-refractivity contribution in [2.24, 2.45) is 0 Å². The van der Waals surface area contributed by atoms with Crippen LogP contribution in [0.15, 0.2) is 41.6 Å². The number of nitrogens with zero attached hydrogens (tertiary/aromatic N) is 3. The summed E-state index contributed by atoms with van der Waals surface area (Å²) in [6.45, 7) is 0. The monoisotopic (exact) mass is 334 g/mol. The molecule has 1 aromatic carbocycles. The number of amides is 1. The average molecular weight is 334 g/mol. The van der Waals surface area contributed by atoms with E-state index >= 15 is 0 Å². The molecule has 118 valence electrons. The molecule has 0 aliphatic carbocycles. The number of aromatic nitrogens is 1. The van der Waals surface area contributed by atoms with Gasteiger partial charge in [0.2, 0.25) is 0 Å². The summed E-state index contributed by atoms with van der Waals surface area (Å²) in [5.74, 6) is -0.699. The lowest BCUT2D eigenvalue weighted by Crippen LogP contribution is -2.12. The van der Waals surface area contributed by atoms with Gasteiger partial charge in [-0.25, -0.2) is 4.98 Å². The van der Waals surface area contributed by atoms with Gasteiger partial charge in [0, 0.05) is 12.1 Å². The number of nitrogens with one attached hydrogen (secondary N) is 1. The number of carbonyl (C=O) groups excluding carboxylic acids is 1. The maximum atomic E-state index is 12.1. The Morgan fingerprint density at radius 2 is 1.74 bits per heavy atom. The number of nitro groups is 2. The Morgan fingerprint density at radius 3 is 2.17 bits per heavy atom. The molecule has 0 aliphatic rings. The van der Waals surface area contributed by atoms with Crippen LogP contribution in [0.3, 0.4) is 0 Å². The lowest BCUT2D eigenvalue weighted by atomic mass is 10.1. The number of hydrogen-bond donors (Lipinski definition) is 1. The lowest BCUT2D eigenvalue weighted by Gasteiger charge is -2.05. The number of non-ortho nitro benzene ring substituents is 2. The Morgan fingerprint density at radius 1 is 1.13 bits per heavy atom. The second-order valence-corrected chi connectivity index (χ2v) is 5.12. The van der Waals surface area contributed by atoms with E-state index in [1.807, 2.05) is 6.26 Å². The molecule has 0 aliphatic heterocycles. The molecule has 23 heavy (non-hydrogen) atoms. The van der Waals surface area contributed by atoms with Crippen molar-refractivity contribution in [1.82, 2.24) is 4.98 Å². The fourth-order valence-electron chi connectivity index (χ4n) is 1.72. The normalized spacial score (nSPS) is 10.1. The van der Waals surface area contributed by atoms with Crippen LogP contribution in [0.4, 0.5) is 17.1 Å². The molecule has 1 N–H and O–H groups in total. The molecule has 0 saturated carbocycles. The highest BCUT2D eigenvalue weighted by Gasteiger charge is 2.20. The second kappa shape index (κ2) is 6.83. The summed E-state index contributed by atoms with van der Waals surface area (Å²) in [5.41, 5.74) is -0.859. The van der Waals surface area contributed by atoms with Crippen LogP contribution in [-0.2, 0) is 0 Å². The molecule has 9 nitrogen and oxygen atoms in total. The minimum absolute atomic E-state index is 0.181. The van der Waals surface area contributed by atoms with Gasteiger partial charge in [0.15, 0.2) is 0 Å². The third kappa shape index (κ3) is 4.01. The maximum Gasteiger partial charge on any atom is 0.277 e. The molecule has 0 atom stereocenters. The molecule has 1 amide bonds. The number of thioether (sulfide) groups is 1. The molecule has 1 aromatic heterocycles.